The molecule has 2 N–H and O–H groups in total. The minimum absolute atomic E-state index is 0.219. The van der Waals surface area contributed by atoms with Crippen molar-refractivity contribution in [1.29, 1.82) is 0 Å². The van der Waals surface area contributed by atoms with Crippen molar-refractivity contribution >= 4 is 27.5 Å². The van der Waals surface area contributed by atoms with Crippen LogP contribution in [0.5, 0.6) is 5.75 Å². The van der Waals surface area contributed by atoms with Gasteiger partial charge in [0.1, 0.15) is 18.2 Å². The quantitative estimate of drug-likeness (QED) is 0.870. The zero-order chi connectivity index (χ0) is 14.5. The van der Waals surface area contributed by atoms with Crippen molar-refractivity contribution in [3.63, 3.8) is 0 Å². The van der Waals surface area contributed by atoms with Gasteiger partial charge in [-0.05, 0) is 58.2 Å². The summed E-state index contributed by atoms with van der Waals surface area (Å²) in [6.45, 7) is 0.352. The zero-order valence-corrected chi connectivity index (χ0v) is 13.0. The molecule has 0 saturated heterocycles. The highest BCUT2D eigenvalue weighted by Gasteiger charge is 2.10. The van der Waals surface area contributed by atoms with Gasteiger partial charge in [-0.1, -0.05) is 23.7 Å². The number of hydrogen-bond donors (Lipinski definition) is 1. The molecule has 1 unspecified atom stereocenters. The molecule has 0 bridgehead atoms. The highest BCUT2D eigenvalue weighted by atomic mass is 79.9. The lowest BCUT2D eigenvalue weighted by molar-refractivity contribution is 0.287. The predicted molar refractivity (Wildman–Crippen MR) is 82.7 cm³/mol. The van der Waals surface area contributed by atoms with Gasteiger partial charge in [-0.2, -0.15) is 0 Å². The van der Waals surface area contributed by atoms with Crippen molar-refractivity contribution in [3.05, 3.63) is 63.3 Å². The number of rotatable bonds is 5. The fourth-order valence-corrected chi connectivity index (χ4v) is 2.33. The highest BCUT2D eigenvalue weighted by Crippen LogP contribution is 2.22. The van der Waals surface area contributed by atoms with E-state index in [-0.39, 0.29) is 11.9 Å². The van der Waals surface area contributed by atoms with E-state index in [4.69, 9.17) is 22.1 Å². The van der Waals surface area contributed by atoms with Gasteiger partial charge < -0.3 is 10.5 Å². The molecular formula is C15H14BrClFNO. The smallest absolute Gasteiger partial charge is 0.137 e. The molecule has 0 aromatic heterocycles. The number of nitrogens with two attached hydrogens (primary N) is 1. The Morgan fingerprint density at radius 1 is 1.20 bits per heavy atom. The third kappa shape index (κ3) is 4.20. The van der Waals surface area contributed by atoms with Gasteiger partial charge in [0.25, 0.3) is 0 Å². The van der Waals surface area contributed by atoms with Gasteiger partial charge in [0, 0.05) is 11.1 Å². The standard InChI is InChI=1S/C15H14BrClFNO/c16-15-10(2-1-3-14(15)18)8-12(19)9-20-13-6-4-11(17)5-7-13/h1-7,12H,8-9,19H2. The summed E-state index contributed by atoms with van der Waals surface area (Å²) < 4.78 is 19.4. The topological polar surface area (TPSA) is 35.2 Å². The van der Waals surface area contributed by atoms with E-state index in [1.165, 1.54) is 6.07 Å². The minimum Gasteiger partial charge on any atom is -0.492 e. The lowest BCUT2D eigenvalue weighted by Crippen LogP contribution is -2.30. The maximum atomic E-state index is 13.4. The molecule has 2 aromatic rings. The van der Waals surface area contributed by atoms with Gasteiger partial charge in [0.05, 0.1) is 4.47 Å². The summed E-state index contributed by atoms with van der Waals surface area (Å²) >= 11 is 9.02. The molecule has 0 fully saturated rings. The molecule has 2 rings (SSSR count). The Bertz CT molecular complexity index is 577. The monoisotopic (exact) mass is 357 g/mol. The number of halogens is 3. The van der Waals surface area contributed by atoms with Gasteiger partial charge in [-0.25, -0.2) is 4.39 Å². The maximum absolute atomic E-state index is 13.4. The average Bonchev–Trinajstić information content (AvgIpc) is 2.43. The second kappa shape index (κ2) is 7.07. The molecule has 0 amide bonds. The number of benzene rings is 2. The first-order valence-electron chi connectivity index (χ1n) is 6.13. The Labute approximate surface area is 130 Å². The Hall–Kier alpha value is -1.10. The number of hydrogen-bond acceptors (Lipinski definition) is 2. The molecule has 2 nitrogen and oxygen atoms in total. The van der Waals surface area contributed by atoms with Crippen LogP contribution in [0.3, 0.4) is 0 Å². The fourth-order valence-electron chi connectivity index (χ4n) is 1.78. The zero-order valence-electron chi connectivity index (χ0n) is 10.7. The predicted octanol–water partition coefficient (Wildman–Crippen LogP) is 4.19. The van der Waals surface area contributed by atoms with Crippen LogP contribution in [0.1, 0.15) is 5.56 Å². The largest absolute Gasteiger partial charge is 0.492 e. The molecule has 0 saturated carbocycles. The Morgan fingerprint density at radius 2 is 1.90 bits per heavy atom. The molecule has 0 aliphatic carbocycles. The normalized spacial score (nSPS) is 12.2. The molecule has 0 spiro atoms. The second-order valence-electron chi connectivity index (χ2n) is 4.44. The average molecular weight is 359 g/mol. The lowest BCUT2D eigenvalue weighted by atomic mass is 10.1. The molecule has 20 heavy (non-hydrogen) atoms. The first-order chi connectivity index (χ1) is 9.56. The van der Waals surface area contributed by atoms with Crippen LogP contribution in [-0.2, 0) is 6.42 Å². The molecule has 2 aromatic carbocycles. The van der Waals surface area contributed by atoms with Crippen molar-refractivity contribution in [2.24, 2.45) is 5.73 Å². The Kier molecular flexibility index (Phi) is 5.40. The van der Waals surface area contributed by atoms with Gasteiger partial charge in [0.2, 0.25) is 0 Å². The summed E-state index contributed by atoms with van der Waals surface area (Å²) in [4.78, 5) is 0. The van der Waals surface area contributed by atoms with Crippen LogP contribution in [0, 0.1) is 5.82 Å². The van der Waals surface area contributed by atoms with Crippen LogP contribution in [0.15, 0.2) is 46.9 Å². The second-order valence-corrected chi connectivity index (χ2v) is 5.67. The summed E-state index contributed by atoms with van der Waals surface area (Å²) in [6, 6.07) is 11.8. The highest BCUT2D eigenvalue weighted by molar-refractivity contribution is 9.10. The molecule has 106 valence electrons. The van der Waals surface area contributed by atoms with Gasteiger partial charge in [0.15, 0.2) is 0 Å². The molecule has 0 aliphatic rings. The van der Waals surface area contributed by atoms with Crippen molar-refractivity contribution in [1.82, 2.24) is 0 Å². The van der Waals surface area contributed by atoms with E-state index >= 15 is 0 Å². The Balaban J connectivity index is 1.91. The summed E-state index contributed by atoms with van der Waals surface area (Å²) in [6.07, 6.45) is 0.534. The van der Waals surface area contributed by atoms with E-state index in [1.807, 2.05) is 6.07 Å². The molecular weight excluding hydrogens is 345 g/mol. The fraction of sp³-hybridized carbons (Fsp3) is 0.200. The number of ether oxygens (including phenoxy) is 1. The van der Waals surface area contributed by atoms with E-state index in [9.17, 15) is 4.39 Å². The van der Waals surface area contributed by atoms with Crippen LogP contribution < -0.4 is 10.5 Å². The summed E-state index contributed by atoms with van der Waals surface area (Å²) in [7, 11) is 0. The lowest BCUT2D eigenvalue weighted by Gasteiger charge is -2.14. The van der Waals surface area contributed by atoms with Crippen molar-refractivity contribution in [3.8, 4) is 5.75 Å². The van der Waals surface area contributed by atoms with Gasteiger partial charge >= 0.3 is 0 Å². The van der Waals surface area contributed by atoms with Gasteiger partial charge in [-0.15, -0.1) is 0 Å². The van der Waals surface area contributed by atoms with Crippen molar-refractivity contribution in [2.75, 3.05) is 6.61 Å². The van der Waals surface area contributed by atoms with E-state index < -0.39 is 0 Å². The van der Waals surface area contributed by atoms with Crippen LogP contribution >= 0.6 is 27.5 Å². The summed E-state index contributed by atoms with van der Waals surface area (Å²) in [5.74, 6) is 0.427. The van der Waals surface area contributed by atoms with E-state index in [2.05, 4.69) is 15.9 Å². The first kappa shape index (κ1) is 15.3. The third-order valence-corrected chi connectivity index (χ3v) is 3.93. The minimum atomic E-state index is -0.284. The van der Waals surface area contributed by atoms with Crippen LogP contribution in [0.2, 0.25) is 5.02 Å². The maximum Gasteiger partial charge on any atom is 0.137 e. The van der Waals surface area contributed by atoms with Crippen molar-refractivity contribution < 1.29 is 9.13 Å². The van der Waals surface area contributed by atoms with Crippen LogP contribution in [-0.4, -0.2) is 12.6 Å². The van der Waals surface area contributed by atoms with Gasteiger partial charge in [-0.3, -0.25) is 0 Å². The summed E-state index contributed by atoms with van der Waals surface area (Å²) in [5.41, 5.74) is 6.84. The van der Waals surface area contributed by atoms with Crippen LogP contribution in [0.4, 0.5) is 4.39 Å². The molecule has 0 heterocycles. The van der Waals surface area contributed by atoms with E-state index in [0.29, 0.717) is 28.3 Å². The van der Waals surface area contributed by atoms with E-state index in [1.54, 1.807) is 30.3 Å². The molecule has 5 heteroatoms. The first-order valence-corrected chi connectivity index (χ1v) is 7.30. The third-order valence-electron chi connectivity index (χ3n) is 2.79. The molecule has 1 atom stereocenters. The van der Waals surface area contributed by atoms with Crippen LogP contribution in [0.25, 0.3) is 0 Å². The van der Waals surface area contributed by atoms with Crippen molar-refractivity contribution in [2.45, 2.75) is 12.5 Å². The Morgan fingerprint density at radius 3 is 2.60 bits per heavy atom. The molecule has 0 aliphatic heterocycles. The van der Waals surface area contributed by atoms with E-state index in [0.717, 1.165) is 5.56 Å². The SMILES string of the molecule is NC(COc1ccc(Cl)cc1)Cc1cccc(F)c1Br. The molecule has 0 radical (unpaired) electrons. The summed E-state index contributed by atoms with van der Waals surface area (Å²) in [5, 5.41) is 0.658.